The summed E-state index contributed by atoms with van der Waals surface area (Å²) in [7, 11) is 0. The van der Waals surface area contributed by atoms with Crippen molar-refractivity contribution in [2.45, 2.75) is 35.9 Å². The molecule has 2 aliphatic carbocycles. The van der Waals surface area contributed by atoms with E-state index in [1.54, 1.807) is 18.2 Å². The molecule has 11 nitrogen and oxygen atoms in total. The van der Waals surface area contributed by atoms with Crippen molar-refractivity contribution in [1.82, 2.24) is 0 Å². The molecule has 0 spiro atoms. The summed E-state index contributed by atoms with van der Waals surface area (Å²) in [6, 6.07) is 13.5. The second kappa shape index (κ2) is 9.00. The van der Waals surface area contributed by atoms with Gasteiger partial charge in [-0.25, -0.2) is 0 Å². The van der Waals surface area contributed by atoms with Crippen LogP contribution in [0, 0.1) is 0 Å². The SMILES string of the molecule is Oc1cc2c(cc1O)[C@H]1c3ccc(O)c(O)c3OC[C@@]1(O)C2.Oc1ccc2c(c1)OC[C@]1(O)Cc3cc(O)c(O)cc3[C@H]21. The molecule has 4 aromatic carbocycles. The standard InChI is InChI=1S/C16H14O6.C16H14O5/c17-10-2-1-8-13-9-4-12(19)11(18)3-7(9)5-16(13,21)6-22-15(8)14(10)20;17-9-1-2-10-14(4-9)21-7-16(20)6-8-3-12(18)13(19)5-11(8)15(10)16/h1-4,13,17-21H,5-6H2;1-5,15,17-20H,6-7H2/t13-,16+;15-,16+/m10/s1. The van der Waals surface area contributed by atoms with E-state index in [2.05, 4.69) is 0 Å². The Morgan fingerprint density at radius 2 is 1.05 bits per heavy atom. The smallest absolute Gasteiger partial charge is 0.200 e. The van der Waals surface area contributed by atoms with Crippen LogP contribution in [0.15, 0.2) is 54.6 Å². The third-order valence-corrected chi connectivity index (χ3v) is 8.87. The maximum absolute atomic E-state index is 10.9. The van der Waals surface area contributed by atoms with Gasteiger partial charge in [0.05, 0.1) is 0 Å². The number of aromatic hydroxyl groups is 7. The van der Waals surface area contributed by atoms with E-state index in [9.17, 15) is 46.0 Å². The minimum absolute atomic E-state index is 0.0577. The molecule has 8 rings (SSSR count). The van der Waals surface area contributed by atoms with Crippen molar-refractivity contribution in [3.63, 3.8) is 0 Å². The van der Waals surface area contributed by atoms with Gasteiger partial charge in [0.25, 0.3) is 0 Å². The Morgan fingerprint density at radius 1 is 0.535 bits per heavy atom. The van der Waals surface area contributed by atoms with Crippen LogP contribution in [0.1, 0.15) is 45.2 Å². The summed E-state index contributed by atoms with van der Waals surface area (Å²) in [5, 5.41) is 89.6. The summed E-state index contributed by atoms with van der Waals surface area (Å²) in [4.78, 5) is 0. The van der Waals surface area contributed by atoms with E-state index in [1.807, 2.05) is 0 Å². The molecule has 0 saturated carbocycles. The molecule has 222 valence electrons. The van der Waals surface area contributed by atoms with Gasteiger partial charge in [0.2, 0.25) is 5.75 Å². The number of ether oxygens (including phenoxy) is 2. The molecule has 9 N–H and O–H groups in total. The first-order valence-corrected chi connectivity index (χ1v) is 13.6. The molecule has 11 heteroatoms. The fourth-order valence-electron chi connectivity index (χ4n) is 6.98. The molecule has 0 radical (unpaired) electrons. The fraction of sp³-hybridized carbons (Fsp3) is 0.250. The minimum Gasteiger partial charge on any atom is -0.508 e. The number of phenolic OH excluding ortho intramolecular Hbond substituents is 7. The zero-order chi connectivity index (χ0) is 30.4. The van der Waals surface area contributed by atoms with Gasteiger partial charge in [0.1, 0.15) is 35.9 Å². The van der Waals surface area contributed by atoms with Gasteiger partial charge in [-0.15, -0.1) is 0 Å². The third kappa shape index (κ3) is 3.96. The topological polar surface area (TPSA) is 201 Å². The molecule has 2 heterocycles. The van der Waals surface area contributed by atoms with E-state index in [0.717, 1.165) is 16.7 Å². The Labute approximate surface area is 244 Å². The Balaban J connectivity index is 0.000000140. The molecule has 0 unspecified atom stereocenters. The highest BCUT2D eigenvalue weighted by atomic mass is 16.5. The highest BCUT2D eigenvalue weighted by Crippen LogP contribution is 2.56. The molecule has 43 heavy (non-hydrogen) atoms. The predicted molar refractivity (Wildman–Crippen MR) is 149 cm³/mol. The Bertz CT molecular complexity index is 1820. The summed E-state index contributed by atoms with van der Waals surface area (Å²) in [5.74, 6) is -1.65. The van der Waals surface area contributed by atoms with Gasteiger partial charge in [-0.3, -0.25) is 0 Å². The summed E-state index contributed by atoms with van der Waals surface area (Å²) in [6.45, 7) is 0.0439. The van der Waals surface area contributed by atoms with Gasteiger partial charge in [0, 0.05) is 41.9 Å². The second-order valence-corrected chi connectivity index (χ2v) is 11.7. The minimum atomic E-state index is -1.22. The van der Waals surface area contributed by atoms with E-state index < -0.39 is 17.1 Å². The first kappa shape index (κ1) is 26.9. The summed E-state index contributed by atoms with van der Waals surface area (Å²) < 4.78 is 11.0. The lowest BCUT2D eigenvalue weighted by atomic mass is 9.80. The molecule has 0 bridgehead atoms. The lowest BCUT2D eigenvalue weighted by Crippen LogP contribution is -2.43. The number of hydrogen-bond acceptors (Lipinski definition) is 11. The Hall–Kier alpha value is -5.00. The zero-order valence-electron chi connectivity index (χ0n) is 22.5. The van der Waals surface area contributed by atoms with Crippen LogP contribution in [0.3, 0.4) is 0 Å². The van der Waals surface area contributed by atoms with Gasteiger partial charge in [-0.1, -0.05) is 12.1 Å². The highest BCUT2D eigenvalue weighted by Gasteiger charge is 2.52. The quantitative estimate of drug-likeness (QED) is 0.137. The van der Waals surface area contributed by atoms with Gasteiger partial charge < -0.3 is 55.4 Å². The lowest BCUT2D eigenvalue weighted by Gasteiger charge is -2.36. The van der Waals surface area contributed by atoms with Crippen LogP contribution in [-0.4, -0.2) is 70.4 Å². The van der Waals surface area contributed by atoms with Crippen LogP contribution in [0.2, 0.25) is 0 Å². The van der Waals surface area contributed by atoms with Crippen molar-refractivity contribution in [2.75, 3.05) is 13.2 Å². The van der Waals surface area contributed by atoms with Crippen molar-refractivity contribution in [3.05, 3.63) is 88.0 Å². The van der Waals surface area contributed by atoms with Crippen LogP contribution in [0.25, 0.3) is 0 Å². The van der Waals surface area contributed by atoms with Crippen LogP contribution in [0.5, 0.6) is 51.7 Å². The van der Waals surface area contributed by atoms with Gasteiger partial charge in [-0.2, -0.15) is 0 Å². The maximum atomic E-state index is 10.9. The van der Waals surface area contributed by atoms with Crippen molar-refractivity contribution in [3.8, 4) is 51.7 Å². The second-order valence-electron chi connectivity index (χ2n) is 11.7. The van der Waals surface area contributed by atoms with Crippen molar-refractivity contribution in [2.24, 2.45) is 0 Å². The molecule has 0 aromatic heterocycles. The number of aliphatic hydroxyl groups is 2. The monoisotopic (exact) mass is 588 g/mol. The first-order valence-electron chi connectivity index (χ1n) is 13.6. The number of hydrogen-bond donors (Lipinski definition) is 9. The van der Waals surface area contributed by atoms with Crippen LogP contribution >= 0.6 is 0 Å². The van der Waals surface area contributed by atoms with Gasteiger partial charge in [-0.05, 0) is 58.7 Å². The van der Waals surface area contributed by atoms with E-state index in [4.69, 9.17) is 9.47 Å². The number of rotatable bonds is 0. The Morgan fingerprint density at radius 3 is 1.65 bits per heavy atom. The Kier molecular flexibility index (Phi) is 5.62. The van der Waals surface area contributed by atoms with E-state index in [0.29, 0.717) is 28.9 Å². The van der Waals surface area contributed by atoms with Crippen molar-refractivity contribution >= 4 is 0 Å². The third-order valence-electron chi connectivity index (χ3n) is 8.87. The van der Waals surface area contributed by atoms with Gasteiger partial charge in [0.15, 0.2) is 34.5 Å². The van der Waals surface area contributed by atoms with Crippen LogP contribution in [0.4, 0.5) is 0 Å². The zero-order valence-corrected chi connectivity index (χ0v) is 22.5. The molecule has 0 fully saturated rings. The lowest BCUT2D eigenvalue weighted by molar-refractivity contribution is -0.0228. The summed E-state index contributed by atoms with van der Waals surface area (Å²) in [5.41, 5.74) is 1.94. The molecule has 4 aliphatic rings. The average molecular weight is 589 g/mol. The molecule has 4 aromatic rings. The highest BCUT2D eigenvalue weighted by molar-refractivity contribution is 5.63. The maximum Gasteiger partial charge on any atom is 0.200 e. The normalized spacial score (nSPS) is 25.3. The predicted octanol–water partition coefficient (Wildman–Crippen LogP) is 2.94. The number of phenols is 7. The van der Waals surface area contributed by atoms with Gasteiger partial charge >= 0.3 is 0 Å². The van der Waals surface area contributed by atoms with E-state index in [-0.39, 0.29) is 71.5 Å². The number of benzene rings is 4. The molecular formula is C32H28O11. The fourth-order valence-corrected chi connectivity index (χ4v) is 6.98. The summed E-state index contributed by atoms with van der Waals surface area (Å²) in [6.07, 6.45) is 0.614. The molecule has 0 amide bonds. The average Bonchev–Trinajstić information content (AvgIpc) is 3.41. The first-order chi connectivity index (χ1) is 20.4. The molecule has 4 atom stereocenters. The molecule has 0 saturated heterocycles. The molecule has 2 aliphatic heterocycles. The number of fused-ring (bicyclic) bond motifs is 10. The largest absolute Gasteiger partial charge is 0.508 e. The van der Waals surface area contributed by atoms with Crippen molar-refractivity contribution < 1.29 is 55.4 Å². The van der Waals surface area contributed by atoms with Crippen LogP contribution < -0.4 is 9.47 Å². The van der Waals surface area contributed by atoms with Crippen molar-refractivity contribution in [1.29, 1.82) is 0 Å². The van der Waals surface area contributed by atoms with E-state index >= 15 is 0 Å². The van der Waals surface area contributed by atoms with E-state index in [1.165, 1.54) is 36.4 Å². The summed E-state index contributed by atoms with van der Waals surface area (Å²) >= 11 is 0. The van der Waals surface area contributed by atoms with Crippen LogP contribution in [-0.2, 0) is 12.8 Å². The molecular weight excluding hydrogens is 560 g/mol.